The van der Waals surface area contributed by atoms with E-state index in [0.717, 1.165) is 37.6 Å². The molecule has 0 bridgehead atoms. The fourth-order valence-electron chi connectivity index (χ4n) is 4.43. The number of benzene rings is 2. The van der Waals surface area contributed by atoms with Gasteiger partial charge in [0.25, 0.3) is 0 Å². The summed E-state index contributed by atoms with van der Waals surface area (Å²) < 4.78 is 13.3. The van der Waals surface area contributed by atoms with Crippen LogP contribution >= 0.6 is 23.6 Å². The van der Waals surface area contributed by atoms with Gasteiger partial charge in [-0.3, -0.25) is 4.90 Å². The number of halogens is 1. The molecular weight excluding hydrogens is 451 g/mol. The Labute approximate surface area is 205 Å². The van der Waals surface area contributed by atoms with Gasteiger partial charge in [-0.15, -0.1) is 11.3 Å². The number of rotatable bonds is 6. The van der Waals surface area contributed by atoms with E-state index in [1.807, 2.05) is 12.1 Å². The summed E-state index contributed by atoms with van der Waals surface area (Å²) in [6.45, 7) is 10.1. The van der Waals surface area contributed by atoms with Crippen molar-refractivity contribution >= 4 is 40.0 Å². The molecule has 4 nitrogen and oxygen atoms in total. The number of nitrogens with zero attached hydrogens (tertiary/aromatic N) is 2. The first-order chi connectivity index (χ1) is 15.9. The highest BCUT2D eigenvalue weighted by Crippen LogP contribution is 2.30. The average Bonchev–Trinajstić information content (AvgIpc) is 3.32. The molecule has 2 N–H and O–H groups in total. The Morgan fingerprint density at radius 1 is 1.03 bits per heavy atom. The van der Waals surface area contributed by atoms with Crippen molar-refractivity contribution in [2.75, 3.05) is 36.4 Å². The molecule has 0 unspecified atom stereocenters. The third-order valence-corrected chi connectivity index (χ3v) is 7.37. The van der Waals surface area contributed by atoms with Crippen LogP contribution < -0.4 is 15.5 Å². The zero-order valence-electron chi connectivity index (χ0n) is 19.3. The van der Waals surface area contributed by atoms with Gasteiger partial charge in [-0.25, -0.2) is 4.39 Å². The second kappa shape index (κ2) is 10.6. The van der Waals surface area contributed by atoms with Gasteiger partial charge in [-0.05, 0) is 85.9 Å². The SMILES string of the molecule is Cc1ccc(C)c(NC(=S)N[C@@H](C)[C@H](c2cccs2)N2CCN(c3ccc(F)cc3)CC2)c1. The summed E-state index contributed by atoms with van der Waals surface area (Å²) in [7, 11) is 0. The lowest BCUT2D eigenvalue weighted by Crippen LogP contribution is -2.52. The summed E-state index contributed by atoms with van der Waals surface area (Å²) in [6.07, 6.45) is 0. The van der Waals surface area contributed by atoms with Crippen molar-refractivity contribution in [2.45, 2.75) is 32.9 Å². The standard InChI is InChI=1S/C26H31FN4S2/c1-18-6-7-19(2)23(17-18)29-26(32)28-20(3)25(24-5-4-16-33-24)31-14-12-30(13-15-31)22-10-8-21(27)9-11-22/h4-11,16-17,20,25H,12-15H2,1-3H3,(H2,28,29,32)/t20-,25+/m0/s1. The molecule has 1 aliphatic heterocycles. The number of piperazine rings is 1. The summed E-state index contributed by atoms with van der Waals surface area (Å²) in [4.78, 5) is 6.19. The molecule has 33 heavy (non-hydrogen) atoms. The van der Waals surface area contributed by atoms with Gasteiger partial charge in [-0.1, -0.05) is 18.2 Å². The summed E-state index contributed by atoms with van der Waals surface area (Å²) in [6, 6.07) is 17.8. The van der Waals surface area contributed by atoms with Gasteiger partial charge < -0.3 is 15.5 Å². The highest BCUT2D eigenvalue weighted by molar-refractivity contribution is 7.80. The van der Waals surface area contributed by atoms with Crippen LogP contribution in [0.25, 0.3) is 0 Å². The van der Waals surface area contributed by atoms with Crippen molar-refractivity contribution in [1.29, 1.82) is 0 Å². The quantitative estimate of drug-likeness (QED) is 0.438. The van der Waals surface area contributed by atoms with Crippen molar-refractivity contribution in [1.82, 2.24) is 10.2 Å². The van der Waals surface area contributed by atoms with E-state index >= 15 is 0 Å². The van der Waals surface area contributed by atoms with E-state index in [0.29, 0.717) is 5.11 Å². The molecule has 7 heteroatoms. The normalized spacial score (nSPS) is 16.3. The zero-order chi connectivity index (χ0) is 23.4. The lowest BCUT2D eigenvalue weighted by atomic mass is 10.0. The molecule has 2 aromatic carbocycles. The molecule has 0 saturated carbocycles. The van der Waals surface area contributed by atoms with E-state index in [1.165, 1.54) is 28.1 Å². The molecule has 1 aromatic heterocycles. The van der Waals surface area contributed by atoms with Crippen LogP contribution in [0.15, 0.2) is 60.0 Å². The summed E-state index contributed by atoms with van der Waals surface area (Å²) in [5, 5.41) is 9.70. The van der Waals surface area contributed by atoms with E-state index in [4.69, 9.17) is 12.2 Å². The maximum absolute atomic E-state index is 13.3. The van der Waals surface area contributed by atoms with Gasteiger partial charge in [0.05, 0.1) is 6.04 Å². The molecule has 0 amide bonds. The number of anilines is 2. The predicted octanol–water partition coefficient (Wildman–Crippen LogP) is 5.74. The Balaban J connectivity index is 1.42. The molecule has 1 aliphatic rings. The third-order valence-electron chi connectivity index (χ3n) is 6.21. The van der Waals surface area contributed by atoms with Gasteiger partial charge in [0, 0.05) is 48.5 Å². The van der Waals surface area contributed by atoms with Crippen molar-refractivity contribution in [3.05, 3.63) is 81.8 Å². The molecule has 0 spiro atoms. The topological polar surface area (TPSA) is 30.5 Å². The Bertz CT molecular complexity index is 1060. The maximum Gasteiger partial charge on any atom is 0.171 e. The third kappa shape index (κ3) is 5.91. The molecule has 174 valence electrons. The largest absolute Gasteiger partial charge is 0.369 e. The van der Waals surface area contributed by atoms with Crippen LogP contribution in [0.1, 0.15) is 29.0 Å². The fraction of sp³-hybridized carbons (Fsp3) is 0.346. The van der Waals surface area contributed by atoms with Crippen molar-refractivity contribution in [3.63, 3.8) is 0 Å². The minimum absolute atomic E-state index is 0.131. The first-order valence-corrected chi connectivity index (χ1v) is 12.6. The molecule has 2 heterocycles. The fourth-order valence-corrected chi connectivity index (χ4v) is 5.69. The number of thiocarbonyl (C=S) groups is 1. The highest BCUT2D eigenvalue weighted by Gasteiger charge is 2.30. The molecular formula is C26H31FN4S2. The lowest BCUT2D eigenvalue weighted by molar-refractivity contribution is 0.163. The van der Waals surface area contributed by atoms with Gasteiger partial charge in [0.15, 0.2) is 5.11 Å². The minimum Gasteiger partial charge on any atom is -0.369 e. The average molecular weight is 483 g/mol. The Kier molecular flexibility index (Phi) is 7.63. The molecule has 3 aromatic rings. The molecule has 1 saturated heterocycles. The monoisotopic (exact) mass is 482 g/mol. The lowest BCUT2D eigenvalue weighted by Gasteiger charge is -2.42. The number of nitrogens with one attached hydrogen (secondary N) is 2. The number of thiophene rings is 1. The van der Waals surface area contributed by atoms with E-state index in [2.05, 4.69) is 76.9 Å². The van der Waals surface area contributed by atoms with Gasteiger partial charge in [0.1, 0.15) is 5.82 Å². The first-order valence-electron chi connectivity index (χ1n) is 11.3. The molecule has 0 radical (unpaired) electrons. The summed E-state index contributed by atoms with van der Waals surface area (Å²) in [5.41, 5.74) is 4.49. The second-order valence-electron chi connectivity index (χ2n) is 8.67. The highest BCUT2D eigenvalue weighted by atomic mass is 32.1. The zero-order valence-corrected chi connectivity index (χ0v) is 21.0. The second-order valence-corrected chi connectivity index (χ2v) is 10.1. The maximum atomic E-state index is 13.3. The van der Waals surface area contributed by atoms with Gasteiger partial charge >= 0.3 is 0 Å². The van der Waals surface area contributed by atoms with Gasteiger partial charge in [0.2, 0.25) is 0 Å². The van der Waals surface area contributed by atoms with E-state index < -0.39 is 0 Å². The van der Waals surface area contributed by atoms with Crippen LogP contribution in [-0.4, -0.2) is 42.2 Å². The Morgan fingerprint density at radius 3 is 2.42 bits per heavy atom. The van der Waals surface area contributed by atoms with Crippen LogP contribution in [0.4, 0.5) is 15.8 Å². The molecule has 4 rings (SSSR count). The summed E-state index contributed by atoms with van der Waals surface area (Å²) >= 11 is 7.47. The van der Waals surface area contributed by atoms with Crippen LogP contribution in [0.5, 0.6) is 0 Å². The first kappa shape index (κ1) is 23.7. The van der Waals surface area contributed by atoms with Crippen LogP contribution in [0, 0.1) is 19.7 Å². The number of hydrogen-bond acceptors (Lipinski definition) is 4. The van der Waals surface area contributed by atoms with E-state index in [1.54, 1.807) is 11.3 Å². The molecule has 2 atom stereocenters. The van der Waals surface area contributed by atoms with Crippen molar-refractivity contribution in [2.24, 2.45) is 0 Å². The Morgan fingerprint density at radius 2 is 1.76 bits per heavy atom. The number of hydrogen-bond donors (Lipinski definition) is 2. The number of aryl methyl sites for hydroxylation is 2. The van der Waals surface area contributed by atoms with Crippen molar-refractivity contribution < 1.29 is 4.39 Å². The Hall–Kier alpha value is -2.48. The smallest absolute Gasteiger partial charge is 0.171 e. The predicted molar refractivity (Wildman–Crippen MR) is 142 cm³/mol. The summed E-state index contributed by atoms with van der Waals surface area (Å²) in [5.74, 6) is -0.194. The van der Waals surface area contributed by atoms with Crippen LogP contribution in [0.2, 0.25) is 0 Å². The van der Waals surface area contributed by atoms with E-state index in [9.17, 15) is 4.39 Å². The van der Waals surface area contributed by atoms with Crippen LogP contribution in [-0.2, 0) is 0 Å². The molecule has 1 fully saturated rings. The molecule has 0 aliphatic carbocycles. The van der Waals surface area contributed by atoms with Crippen LogP contribution in [0.3, 0.4) is 0 Å². The van der Waals surface area contributed by atoms with Gasteiger partial charge in [-0.2, -0.15) is 0 Å². The van der Waals surface area contributed by atoms with E-state index in [-0.39, 0.29) is 17.9 Å². The minimum atomic E-state index is -0.194. The van der Waals surface area contributed by atoms with Crippen molar-refractivity contribution in [3.8, 4) is 0 Å².